The van der Waals surface area contributed by atoms with Gasteiger partial charge < -0.3 is 10.6 Å². The molecule has 0 aromatic heterocycles. The molecule has 0 atom stereocenters. The number of carbonyl (C=O) groups is 2. The largest absolute Gasteiger partial charge is 0.350 e. The highest BCUT2D eigenvalue weighted by molar-refractivity contribution is 6.32. The maximum Gasteiger partial charge on any atom is 0.289 e. The molecular weight excluding hydrogens is 386 g/mol. The number of anilines is 1. The van der Waals surface area contributed by atoms with Crippen LogP contribution in [-0.4, -0.2) is 71.3 Å². The molecule has 2 rings (SSSR count). The molecule has 10 heteroatoms. The average molecular weight is 412 g/mol. The minimum atomic E-state index is -0.590. The molecule has 28 heavy (non-hydrogen) atoms. The third-order valence-corrected chi connectivity index (χ3v) is 4.46. The SMILES string of the molecule is CC(C)(C)NC(=O)CN1CCN(CC(=O)Nc2ccc(Cl)c([N+](=O)[O-])c2)CC1. The van der Waals surface area contributed by atoms with Crippen molar-refractivity contribution in [3.05, 3.63) is 33.3 Å². The molecule has 1 aliphatic rings. The van der Waals surface area contributed by atoms with Crippen molar-refractivity contribution in [2.75, 3.05) is 44.6 Å². The van der Waals surface area contributed by atoms with Gasteiger partial charge in [0.25, 0.3) is 5.69 Å². The van der Waals surface area contributed by atoms with Crippen LogP contribution in [-0.2, 0) is 9.59 Å². The molecule has 9 nitrogen and oxygen atoms in total. The second-order valence-electron chi connectivity index (χ2n) is 7.82. The number of piperazine rings is 1. The van der Waals surface area contributed by atoms with Gasteiger partial charge in [0.15, 0.2) is 0 Å². The first kappa shape index (κ1) is 22.1. The smallest absolute Gasteiger partial charge is 0.289 e. The summed E-state index contributed by atoms with van der Waals surface area (Å²) < 4.78 is 0. The Kier molecular flexibility index (Phi) is 7.34. The van der Waals surface area contributed by atoms with E-state index in [-0.39, 0.29) is 34.6 Å². The summed E-state index contributed by atoms with van der Waals surface area (Å²) >= 11 is 5.77. The summed E-state index contributed by atoms with van der Waals surface area (Å²) in [7, 11) is 0. The lowest BCUT2D eigenvalue weighted by Gasteiger charge is -2.34. The number of hydrogen-bond donors (Lipinski definition) is 2. The predicted molar refractivity (Wildman–Crippen MR) is 108 cm³/mol. The van der Waals surface area contributed by atoms with Crippen LogP contribution in [0.2, 0.25) is 5.02 Å². The molecule has 0 spiro atoms. The van der Waals surface area contributed by atoms with E-state index >= 15 is 0 Å². The van der Waals surface area contributed by atoms with Gasteiger partial charge in [-0.25, -0.2) is 0 Å². The van der Waals surface area contributed by atoms with Crippen LogP contribution in [0.3, 0.4) is 0 Å². The highest BCUT2D eigenvalue weighted by Gasteiger charge is 2.22. The van der Waals surface area contributed by atoms with Crippen LogP contribution < -0.4 is 10.6 Å². The molecule has 1 aromatic carbocycles. The lowest BCUT2D eigenvalue weighted by Crippen LogP contribution is -2.52. The molecule has 1 aromatic rings. The molecule has 0 radical (unpaired) electrons. The fourth-order valence-corrected chi connectivity index (χ4v) is 3.09. The van der Waals surface area contributed by atoms with Crippen LogP contribution in [0, 0.1) is 10.1 Å². The second-order valence-corrected chi connectivity index (χ2v) is 8.23. The monoisotopic (exact) mass is 411 g/mol. The molecule has 1 heterocycles. The number of nitrogens with one attached hydrogen (secondary N) is 2. The Bertz CT molecular complexity index is 742. The van der Waals surface area contributed by atoms with Crippen molar-refractivity contribution in [3.63, 3.8) is 0 Å². The van der Waals surface area contributed by atoms with Gasteiger partial charge in [-0.1, -0.05) is 11.6 Å². The topological polar surface area (TPSA) is 108 Å². The van der Waals surface area contributed by atoms with Gasteiger partial charge in [-0.15, -0.1) is 0 Å². The highest BCUT2D eigenvalue weighted by Crippen LogP contribution is 2.27. The number of nitrogens with zero attached hydrogens (tertiary/aromatic N) is 3. The number of amides is 2. The summed E-state index contributed by atoms with van der Waals surface area (Å²) in [6.45, 7) is 9.05. The van der Waals surface area contributed by atoms with E-state index in [0.29, 0.717) is 38.4 Å². The molecule has 0 bridgehead atoms. The summed E-state index contributed by atoms with van der Waals surface area (Å²) in [5, 5.41) is 16.5. The molecule has 154 valence electrons. The van der Waals surface area contributed by atoms with E-state index in [1.165, 1.54) is 18.2 Å². The van der Waals surface area contributed by atoms with Crippen molar-refractivity contribution in [1.82, 2.24) is 15.1 Å². The fourth-order valence-electron chi connectivity index (χ4n) is 2.90. The van der Waals surface area contributed by atoms with Crippen LogP contribution in [0.5, 0.6) is 0 Å². The van der Waals surface area contributed by atoms with E-state index < -0.39 is 4.92 Å². The minimum Gasteiger partial charge on any atom is -0.350 e. The highest BCUT2D eigenvalue weighted by atomic mass is 35.5. The van der Waals surface area contributed by atoms with Crippen molar-refractivity contribution >= 4 is 34.8 Å². The summed E-state index contributed by atoms with van der Waals surface area (Å²) in [5.74, 6) is -0.265. The molecule has 1 aliphatic heterocycles. The number of rotatable bonds is 6. The quantitative estimate of drug-likeness (QED) is 0.545. The molecule has 1 saturated heterocycles. The lowest BCUT2D eigenvalue weighted by atomic mass is 10.1. The number of nitro benzene ring substituents is 1. The number of nitro groups is 1. The van der Waals surface area contributed by atoms with Crippen LogP contribution in [0.1, 0.15) is 20.8 Å². The third-order valence-electron chi connectivity index (χ3n) is 4.14. The Labute approximate surface area is 169 Å². The fraction of sp³-hybridized carbons (Fsp3) is 0.556. The van der Waals surface area contributed by atoms with Crippen LogP contribution >= 0.6 is 11.6 Å². The Hall–Kier alpha value is -2.23. The summed E-state index contributed by atoms with van der Waals surface area (Å²) in [5.41, 5.74) is -0.173. The van der Waals surface area contributed by atoms with Crippen molar-refractivity contribution in [2.24, 2.45) is 0 Å². The third kappa shape index (κ3) is 7.06. The lowest BCUT2D eigenvalue weighted by molar-refractivity contribution is -0.384. The normalized spacial score (nSPS) is 15.9. The van der Waals surface area contributed by atoms with E-state index in [9.17, 15) is 19.7 Å². The van der Waals surface area contributed by atoms with Crippen molar-refractivity contribution in [2.45, 2.75) is 26.3 Å². The van der Waals surface area contributed by atoms with Gasteiger partial charge >= 0.3 is 0 Å². The van der Waals surface area contributed by atoms with Gasteiger partial charge in [0.2, 0.25) is 11.8 Å². The van der Waals surface area contributed by atoms with E-state index in [4.69, 9.17) is 11.6 Å². The minimum absolute atomic E-state index is 0.0111. The van der Waals surface area contributed by atoms with Crippen molar-refractivity contribution in [1.29, 1.82) is 0 Å². The zero-order valence-corrected chi connectivity index (χ0v) is 17.1. The molecular formula is C18H26ClN5O4. The Morgan fingerprint density at radius 1 is 1.11 bits per heavy atom. The van der Waals surface area contributed by atoms with Crippen molar-refractivity contribution < 1.29 is 14.5 Å². The van der Waals surface area contributed by atoms with Crippen molar-refractivity contribution in [3.8, 4) is 0 Å². The van der Waals surface area contributed by atoms with E-state index in [2.05, 4.69) is 15.5 Å². The Morgan fingerprint density at radius 3 is 2.14 bits per heavy atom. The first-order valence-electron chi connectivity index (χ1n) is 9.03. The maximum atomic E-state index is 12.2. The van der Waals surface area contributed by atoms with Gasteiger partial charge in [-0.05, 0) is 32.9 Å². The molecule has 0 aliphatic carbocycles. The number of hydrogen-bond acceptors (Lipinski definition) is 6. The first-order valence-corrected chi connectivity index (χ1v) is 9.41. The first-order chi connectivity index (χ1) is 13.0. The Balaban J connectivity index is 1.78. The average Bonchev–Trinajstić information content (AvgIpc) is 2.56. The summed E-state index contributed by atoms with van der Waals surface area (Å²) in [6, 6.07) is 4.15. The molecule has 1 fully saturated rings. The Morgan fingerprint density at radius 2 is 1.64 bits per heavy atom. The zero-order chi connectivity index (χ0) is 20.9. The van der Waals surface area contributed by atoms with Gasteiger partial charge in [-0.3, -0.25) is 29.5 Å². The zero-order valence-electron chi connectivity index (χ0n) is 16.3. The maximum absolute atomic E-state index is 12.2. The van der Waals surface area contributed by atoms with Gasteiger partial charge in [0.05, 0.1) is 18.0 Å². The molecule has 0 saturated carbocycles. The van der Waals surface area contributed by atoms with Gasteiger partial charge in [0, 0.05) is 43.5 Å². The molecule has 2 amide bonds. The molecule has 0 unspecified atom stereocenters. The summed E-state index contributed by atoms with van der Waals surface area (Å²) in [4.78, 5) is 38.6. The standard InChI is InChI=1S/C18H26ClN5O4/c1-18(2,3)21-17(26)12-23-8-6-22(7-9-23)11-16(25)20-13-4-5-14(19)15(10-13)24(27)28/h4-5,10H,6-9,11-12H2,1-3H3,(H,20,25)(H,21,26). The number of carbonyl (C=O) groups excluding carboxylic acids is 2. The summed E-state index contributed by atoms with van der Waals surface area (Å²) in [6.07, 6.45) is 0. The van der Waals surface area contributed by atoms with Gasteiger partial charge in [-0.2, -0.15) is 0 Å². The number of benzene rings is 1. The van der Waals surface area contributed by atoms with Crippen LogP contribution in [0.15, 0.2) is 18.2 Å². The van der Waals surface area contributed by atoms with E-state index in [0.717, 1.165) is 0 Å². The van der Waals surface area contributed by atoms with E-state index in [1.807, 2.05) is 25.7 Å². The van der Waals surface area contributed by atoms with Crippen LogP contribution in [0.25, 0.3) is 0 Å². The molecule has 2 N–H and O–H groups in total. The van der Waals surface area contributed by atoms with E-state index in [1.54, 1.807) is 0 Å². The predicted octanol–water partition coefficient (Wildman–Crippen LogP) is 1.72. The number of halogens is 1. The van der Waals surface area contributed by atoms with Crippen LogP contribution in [0.4, 0.5) is 11.4 Å². The second kappa shape index (κ2) is 9.31. The van der Waals surface area contributed by atoms with Gasteiger partial charge in [0.1, 0.15) is 5.02 Å².